The number of fused-ring (bicyclic) bond motifs is 1. The summed E-state index contributed by atoms with van der Waals surface area (Å²) in [6.45, 7) is -3.67. The standard InChI is InChI=1S/C9H10BF3N/c11-10(12,13)9-3-1-2-7-6-14-5-4-8(7)9/h1-3,14H,4-6H2/q-1. The minimum atomic E-state index is -4.86. The predicted octanol–water partition coefficient (Wildman–Crippen LogP) is 1.39. The van der Waals surface area contributed by atoms with Gasteiger partial charge in [0.15, 0.2) is 0 Å². The van der Waals surface area contributed by atoms with Gasteiger partial charge < -0.3 is 18.3 Å². The molecule has 2 rings (SSSR count). The third kappa shape index (κ3) is 1.64. The van der Waals surface area contributed by atoms with Crippen molar-refractivity contribution in [2.75, 3.05) is 6.54 Å². The zero-order valence-electron chi connectivity index (χ0n) is 7.56. The number of hydrogen-bond donors (Lipinski definition) is 1. The molecule has 1 heterocycles. The lowest BCUT2D eigenvalue weighted by atomic mass is 9.74. The summed E-state index contributed by atoms with van der Waals surface area (Å²) in [5, 5.41) is 3.06. The molecule has 0 aromatic heterocycles. The molecular formula is C9H10BF3N-. The fourth-order valence-electron chi connectivity index (χ4n) is 1.87. The molecule has 1 nitrogen and oxygen atoms in total. The van der Waals surface area contributed by atoms with Crippen LogP contribution in [0.25, 0.3) is 0 Å². The van der Waals surface area contributed by atoms with Gasteiger partial charge in [0, 0.05) is 6.54 Å². The lowest BCUT2D eigenvalue weighted by molar-refractivity contribution is 0.499. The molecule has 1 aromatic carbocycles. The van der Waals surface area contributed by atoms with E-state index < -0.39 is 12.4 Å². The summed E-state index contributed by atoms with van der Waals surface area (Å²) < 4.78 is 37.9. The molecule has 0 bridgehead atoms. The van der Waals surface area contributed by atoms with E-state index in [0.29, 0.717) is 25.1 Å². The van der Waals surface area contributed by atoms with Gasteiger partial charge in [-0.3, -0.25) is 0 Å². The maximum absolute atomic E-state index is 12.6. The molecule has 0 saturated heterocycles. The van der Waals surface area contributed by atoms with Crippen LogP contribution in [-0.2, 0) is 13.0 Å². The molecule has 0 spiro atoms. The van der Waals surface area contributed by atoms with Crippen molar-refractivity contribution in [2.24, 2.45) is 0 Å². The van der Waals surface area contributed by atoms with Crippen LogP contribution in [0.4, 0.5) is 12.9 Å². The van der Waals surface area contributed by atoms with Crippen molar-refractivity contribution in [1.82, 2.24) is 5.32 Å². The van der Waals surface area contributed by atoms with Gasteiger partial charge in [0.05, 0.1) is 0 Å². The van der Waals surface area contributed by atoms with E-state index in [1.165, 1.54) is 12.1 Å². The van der Waals surface area contributed by atoms with Crippen LogP contribution in [0, 0.1) is 0 Å². The van der Waals surface area contributed by atoms with E-state index in [2.05, 4.69) is 5.32 Å². The molecule has 0 amide bonds. The highest BCUT2D eigenvalue weighted by Crippen LogP contribution is 2.17. The van der Waals surface area contributed by atoms with Crippen molar-refractivity contribution >= 4 is 12.4 Å². The maximum atomic E-state index is 12.6. The van der Waals surface area contributed by atoms with Crippen LogP contribution in [0.5, 0.6) is 0 Å². The Bertz CT molecular complexity index is 348. The average Bonchev–Trinajstić information content (AvgIpc) is 2.15. The smallest absolute Gasteiger partial charge is 0.445 e. The van der Waals surface area contributed by atoms with Crippen LogP contribution in [0.15, 0.2) is 18.2 Å². The summed E-state index contributed by atoms with van der Waals surface area (Å²) in [6, 6.07) is 4.42. The zero-order chi connectivity index (χ0) is 10.2. The molecule has 0 saturated carbocycles. The SMILES string of the molecule is F[B-](F)(F)c1cccc2c1CCNC2. The Morgan fingerprint density at radius 3 is 2.71 bits per heavy atom. The van der Waals surface area contributed by atoms with Gasteiger partial charge in [-0.05, 0) is 18.5 Å². The van der Waals surface area contributed by atoms with E-state index in [-0.39, 0.29) is 0 Å². The van der Waals surface area contributed by atoms with Crippen LogP contribution in [0.2, 0.25) is 0 Å². The van der Waals surface area contributed by atoms with E-state index in [1.54, 1.807) is 6.07 Å². The fraction of sp³-hybridized carbons (Fsp3) is 0.333. The third-order valence-electron chi connectivity index (χ3n) is 2.53. The van der Waals surface area contributed by atoms with Crippen molar-refractivity contribution in [3.8, 4) is 0 Å². The van der Waals surface area contributed by atoms with Gasteiger partial charge in [-0.1, -0.05) is 23.8 Å². The van der Waals surface area contributed by atoms with Gasteiger partial charge in [-0.15, -0.1) is 5.46 Å². The molecule has 0 unspecified atom stereocenters. The van der Waals surface area contributed by atoms with Gasteiger partial charge in [0.25, 0.3) is 0 Å². The third-order valence-corrected chi connectivity index (χ3v) is 2.53. The monoisotopic (exact) mass is 200 g/mol. The van der Waals surface area contributed by atoms with Gasteiger partial charge in [0.2, 0.25) is 0 Å². The maximum Gasteiger partial charge on any atom is 0.509 e. The number of benzene rings is 1. The zero-order valence-corrected chi connectivity index (χ0v) is 7.56. The second-order valence-electron chi connectivity index (χ2n) is 3.49. The summed E-state index contributed by atoms with van der Waals surface area (Å²) in [5.41, 5.74) is 0.857. The Hall–Kier alpha value is -0.965. The lowest BCUT2D eigenvalue weighted by Gasteiger charge is -2.25. The molecule has 0 fully saturated rings. The predicted molar refractivity (Wildman–Crippen MR) is 50.6 cm³/mol. The quantitative estimate of drug-likeness (QED) is 0.675. The van der Waals surface area contributed by atoms with Crippen molar-refractivity contribution in [3.05, 3.63) is 29.3 Å². The number of halogens is 3. The van der Waals surface area contributed by atoms with E-state index in [1.807, 2.05) is 0 Å². The number of hydrogen-bond acceptors (Lipinski definition) is 1. The summed E-state index contributed by atoms with van der Waals surface area (Å²) in [6.07, 6.45) is 0.479. The van der Waals surface area contributed by atoms with Crippen LogP contribution < -0.4 is 10.8 Å². The number of rotatable bonds is 1. The average molecular weight is 200 g/mol. The molecule has 5 heteroatoms. The van der Waals surface area contributed by atoms with Gasteiger partial charge >= 0.3 is 6.98 Å². The normalized spacial score (nSPS) is 16.5. The Morgan fingerprint density at radius 2 is 2.00 bits per heavy atom. The summed E-state index contributed by atoms with van der Waals surface area (Å²) in [4.78, 5) is 0. The Kier molecular flexibility index (Phi) is 2.27. The first-order valence-electron chi connectivity index (χ1n) is 4.60. The molecule has 1 aromatic rings. The second-order valence-corrected chi connectivity index (χ2v) is 3.49. The van der Waals surface area contributed by atoms with Gasteiger partial charge in [-0.25, -0.2) is 0 Å². The highest BCUT2D eigenvalue weighted by atomic mass is 19.4. The molecular weight excluding hydrogens is 190 g/mol. The van der Waals surface area contributed by atoms with Crippen LogP contribution in [-0.4, -0.2) is 13.5 Å². The van der Waals surface area contributed by atoms with E-state index in [9.17, 15) is 12.9 Å². The summed E-state index contributed by atoms with van der Waals surface area (Å²) in [7, 11) is 0. The molecule has 1 aliphatic rings. The number of nitrogens with one attached hydrogen (secondary N) is 1. The summed E-state index contributed by atoms with van der Waals surface area (Å²) >= 11 is 0. The molecule has 0 radical (unpaired) electrons. The fourth-order valence-corrected chi connectivity index (χ4v) is 1.87. The van der Waals surface area contributed by atoms with Crippen LogP contribution in [0.1, 0.15) is 11.1 Å². The Morgan fingerprint density at radius 1 is 1.21 bits per heavy atom. The van der Waals surface area contributed by atoms with E-state index in [0.717, 1.165) is 5.56 Å². The first-order chi connectivity index (χ1) is 6.59. The van der Waals surface area contributed by atoms with Gasteiger partial charge in [0.1, 0.15) is 0 Å². The summed E-state index contributed by atoms with van der Waals surface area (Å²) in [5.74, 6) is 0. The first-order valence-corrected chi connectivity index (χ1v) is 4.60. The molecule has 0 aliphatic carbocycles. The molecule has 1 aliphatic heterocycles. The first kappa shape index (κ1) is 9.58. The Balaban J connectivity index is 2.51. The Labute approximate surface area is 80.4 Å². The van der Waals surface area contributed by atoms with Crippen molar-refractivity contribution < 1.29 is 12.9 Å². The second kappa shape index (κ2) is 3.31. The van der Waals surface area contributed by atoms with Gasteiger partial charge in [-0.2, -0.15) is 0 Å². The molecule has 76 valence electrons. The lowest BCUT2D eigenvalue weighted by Crippen LogP contribution is -2.40. The van der Waals surface area contributed by atoms with Crippen LogP contribution in [0.3, 0.4) is 0 Å². The van der Waals surface area contributed by atoms with Crippen molar-refractivity contribution in [1.29, 1.82) is 0 Å². The highest BCUT2D eigenvalue weighted by Gasteiger charge is 2.29. The molecule has 14 heavy (non-hydrogen) atoms. The highest BCUT2D eigenvalue weighted by molar-refractivity contribution is 6.74. The minimum absolute atomic E-state index is 0.413. The van der Waals surface area contributed by atoms with Crippen molar-refractivity contribution in [3.63, 3.8) is 0 Å². The van der Waals surface area contributed by atoms with E-state index >= 15 is 0 Å². The molecule has 1 N–H and O–H groups in total. The van der Waals surface area contributed by atoms with E-state index in [4.69, 9.17) is 0 Å². The minimum Gasteiger partial charge on any atom is -0.445 e. The molecule has 0 atom stereocenters. The largest absolute Gasteiger partial charge is 0.509 e. The topological polar surface area (TPSA) is 12.0 Å². The van der Waals surface area contributed by atoms with Crippen molar-refractivity contribution in [2.45, 2.75) is 13.0 Å². The van der Waals surface area contributed by atoms with Crippen LogP contribution >= 0.6 is 0 Å².